The molecule has 0 aliphatic rings. The fourth-order valence-electron chi connectivity index (χ4n) is 1.43. The molecule has 18 heavy (non-hydrogen) atoms. The van der Waals surface area contributed by atoms with Crippen LogP contribution in [-0.4, -0.2) is 4.98 Å². The van der Waals surface area contributed by atoms with E-state index in [1.54, 1.807) is 6.92 Å². The lowest BCUT2D eigenvalue weighted by atomic mass is 10.2. The third kappa shape index (κ3) is 2.82. The van der Waals surface area contributed by atoms with Gasteiger partial charge in [-0.3, -0.25) is 0 Å². The Morgan fingerprint density at radius 2 is 2.00 bits per heavy atom. The third-order valence-electron chi connectivity index (χ3n) is 2.21. The van der Waals surface area contributed by atoms with Gasteiger partial charge in [-0.1, -0.05) is 12.1 Å². The quantitative estimate of drug-likeness (QED) is 0.843. The molecule has 1 aromatic heterocycles. The number of para-hydroxylation sites is 1. The van der Waals surface area contributed by atoms with Crippen LogP contribution in [-0.2, 0) is 12.8 Å². The first-order valence-corrected chi connectivity index (χ1v) is 5.17. The van der Waals surface area contributed by atoms with Gasteiger partial charge in [-0.15, -0.1) is 0 Å². The van der Waals surface area contributed by atoms with Gasteiger partial charge in [-0.2, -0.15) is 13.2 Å². The Morgan fingerprint density at radius 3 is 2.61 bits per heavy atom. The predicted octanol–water partition coefficient (Wildman–Crippen LogP) is 3.58. The van der Waals surface area contributed by atoms with Crippen LogP contribution in [0.25, 0.3) is 0 Å². The molecular formula is C12H10F3NO2. The van der Waals surface area contributed by atoms with Crippen molar-refractivity contribution in [3.63, 3.8) is 0 Å². The monoisotopic (exact) mass is 257 g/mol. The fraction of sp³-hybridized carbons (Fsp3) is 0.250. The zero-order chi connectivity index (χ0) is 13.2. The number of benzene rings is 1. The smallest absolute Gasteiger partial charge is 0.419 e. The van der Waals surface area contributed by atoms with Crippen molar-refractivity contribution < 1.29 is 22.3 Å². The molecule has 1 aromatic carbocycles. The van der Waals surface area contributed by atoms with E-state index in [1.165, 1.54) is 24.4 Å². The summed E-state index contributed by atoms with van der Waals surface area (Å²) in [5.74, 6) is 0.586. The van der Waals surface area contributed by atoms with Crippen molar-refractivity contribution in [2.75, 3.05) is 0 Å². The average molecular weight is 257 g/mol. The molecule has 0 N–H and O–H groups in total. The molecule has 3 nitrogen and oxygen atoms in total. The molecule has 0 aliphatic heterocycles. The van der Waals surface area contributed by atoms with Crippen LogP contribution in [0, 0.1) is 6.92 Å². The molecule has 0 saturated heterocycles. The van der Waals surface area contributed by atoms with Gasteiger partial charge >= 0.3 is 6.18 Å². The topological polar surface area (TPSA) is 35.3 Å². The maximum atomic E-state index is 12.7. The summed E-state index contributed by atoms with van der Waals surface area (Å²) in [5, 5.41) is 0. The summed E-state index contributed by atoms with van der Waals surface area (Å²) < 4.78 is 48.2. The number of rotatable bonds is 3. The molecule has 0 atom stereocenters. The van der Waals surface area contributed by atoms with E-state index in [2.05, 4.69) is 4.98 Å². The van der Waals surface area contributed by atoms with Gasteiger partial charge in [-0.25, -0.2) is 4.98 Å². The van der Waals surface area contributed by atoms with E-state index in [0.29, 0.717) is 5.76 Å². The van der Waals surface area contributed by atoms with E-state index in [9.17, 15) is 13.2 Å². The molecule has 0 saturated carbocycles. The number of nitrogens with zero attached hydrogens (tertiary/aromatic N) is 1. The fourth-order valence-corrected chi connectivity index (χ4v) is 1.43. The van der Waals surface area contributed by atoms with Crippen LogP contribution in [0.15, 0.2) is 34.9 Å². The van der Waals surface area contributed by atoms with Crippen molar-refractivity contribution in [2.24, 2.45) is 0 Å². The number of halogens is 3. The molecular weight excluding hydrogens is 247 g/mol. The molecule has 2 rings (SSSR count). The van der Waals surface area contributed by atoms with Crippen molar-refractivity contribution in [3.05, 3.63) is 47.7 Å². The lowest BCUT2D eigenvalue weighted by Gasteiger charge is -2.12. The summed E-state index contributed by atoms with van der Waals surface area (Å²) in [6.07, 6.45) is -2.96. The standard InChI is InChI=1S/C12H10F3NO2/c1-8-6-16-11(18-8)7-17-10-5-3-2-4-9(10)12(13,14)15/h2-6H,7H2,1H3. The SMILES string of the molecule is Cc1cnc(COc2ccccc2C(F)(F)F)o1. The Morgan fingerprint density at radius 1 is 1.28 bits per heavy atom. The lowest BCUT2D eigenvalue weighted by Crippen LogP contribution is -2.08. The van der Waals surface area contributed by atoms with Crippen molar-refractivity contribution in [1.82, 2.24) is 4.98 Å². The van der Waals surface area contributed by atoms with Crippen LogP contribution in [0.3, 0.4) is 0 Å². The summed E-state index contributed by atoms with van der Waals surface area (Å²) in [4.78, 5) is 3.85. The molecule has 0 fully saturated rings. The molecule has 96 valence electrons. The molecule has 6 heteroatoms. The molecule has 0 unspecified atom stereocenters. The van der Waals surface area contributed by atoms with Crippen LogP contribution in [0.1, 0.15) is 17.2 Å². The maximum absolute atomic E-state index is 12.7. The minimum atomic E-state index is -4.44. The van der Waals surface area contributed by atoms with Crippen molar-refractivity contribution >= 4 is 0 Å². The van der Waals surface area contributed by atoms with Gasteiger partial charge in [0.2, 0.25) is 5.89 Å². The lowest BCUT2D eigenvalue weighted by molar-refractivity contribution is -0.139. The first-order valence-electron chi connectivity index (χ1n) is 5.17. The highest BCUT2D eigenvalue weighted by molar-refractivity contribution is 5.35. The van der Waals surface area contributed by atoms with Crippen LogP contribution < -0.4 is 4.74 Å². The van der Waals surface area contributed by atoms with Gasteiger partial charge in [0.05, 0.1) is 11.8 Å². The van der Waals surface area contributed by atoms with Gasteiger partial charge in [0.1, 0.15) is 11.5 Å². The number of hydrogen-bond acceptors (Lipinski definition) is 3. The van der Waals surface area contributed by atoms with Gasteiger partial charge in [0.15, 0.2) is 6.61 Å². The Kier molecular flexibility index (Phi) is 3.27. The van der Waals surface area contributed by atoms with Gasteiger partial charge in [0.25, 0.3) is 0 Å². The first-order chi connectivity index (χ1) is 8.47. The van der Waals surface area contributed by atoms with E-state index < -0.39 is 11.7 Å². The number of hydrogen-bond donors (Lipinski definition) is 0. The zero-order valence-corrected chi connectivity index (χ0v) is 9.49. The Hall–Kier alpha value is -1.98. The van der Waals surface area contributed by atoms with E-state index in [-0.39, 0.29) is 18.2 Å². The van der Waals surface area contributed by atoms with Crippen molar-refractivity contribution in [2.45, 2.75) is 19.7 Å². The minimum absolute atomic E-state index is 0.138. The summed E-state index contributed by atoms with van der Waals surface area (Å²) in [5.41, 5.74) is -0.812. The van der Waals surface area contributed by atoms with Crippen LogP contribution in [0.5, 0.6) is 5.75 Å². The summed E-state index contributed by atoms with van der Waals surface area (Å²) in [7, 11) is 0. The number of alkyl halides is 3. The molecule has 2 aromatic rings. The van der Waals surface area contributed by atoms with E-state index in [0.717, 1.165) is 6.07 Å². The second-order valence-corrected chi connectivity index (χ2v) is 3.65. The molecule has 1 heterocycles. The number of oxazole rings is 1. The van der Waals surface area contributed by atoms with E-state index in [1.807, 2.05) is 0 Å². The van der Waals surface area contributed by atoms with Gasteiger partial charge < -0.3 is 9.15 Å². The molecule has 0 bridgehead atoms. The third-order valence-corrected chi connectivity index (χ3v) is 2.21. The highest BCUT2D eigenvalue weighted by Crippen LogP contribution is 2.36. The first kappa shape index (κ1) is 12.5. The highest BCUT2D eigenvalue weighted by atomic mass is 19.4. The van der Waals surface area contributed by atoms with E-state index >= 15 is 0 Å². The predicted molar refractivity (Wildman–Crippen MR) is 57.0 cm³/mol. The molecule has 0 amide bonds. The maximum Gasteiger partial charge on any atom is 0.419 e. The van der Waals surface area contributed by atoms with E-state index in [4.69, 9.17) is 9.15 Å². The Bertz CT molecular complexity index is 534. The summed E-state index contributed by atoms with van der Waals surface area (Å²) >= 11 is 0. The minimum Gasteiger partial charge on any atom is -0.483 e. The second-order valence-electron chi connectivity index (χ2n) is 3.65. The number of ether oxygens (including phenoxy) is 1. The number of aromatic nitrogens is 1. The van der Waals surface area contributed by atoms with Gasteiger partial charge in [-0.05, 0) is 19.1 Å². The largest absolute Gasteiger partial charge is 0.483 e. The normalized spacial score (nSPS) is 11.6. The molecule has 0 spiro atoms. The summed E-state index contributed by atoms with van der Waals surface area (Å²) in [6.45, 7) is 1.56. The second kappa shape index (κ2) is 4.72. The van der Waals surface area contributed by atoms with Crippen molar-refractivity contribution in [3.8, 4) is 5.75 Å². The Balaban J connectivity index is 2.14. The summed E-state index contributed by atoms with van der Waals surface area (Å²) in [6, 6.07) is 5.02. The van der Waals surface area contributed by atoms with Crippen LogP contribution in [0.4, 0.5) is 13.2 Å². The molecule has 0 radical (unpaired) electrons. The zero-order valence-electron chi connectivity index (χ0n) is 9.49. The Labute approximate surface area is 101 Å². The van der Waals surface area contributed by atoms with Crippen LogP contribution >= 0.6 is 0 Å². The number of aryl methyl sites for hydroxylation is 1. The van der Waals surface area contributed by atoms with Crippen molar-refractivity contribution in [1.29, 1.82) is 0 Å². The highest BCUT2D eigenvalue weighted by Gasteiger charge is 2.34. The van der Waals surface area contributed by atoms with Crippen LogP contribution in [0.2, 0.25) is 0 Å². The average Bonchev–Trinajstić information content (AvgIpc) is 2.72. The van der Waals surface area contributed by atoms with Gasteiger partial charge in [0, 0.05) is 0 Å². The molecule has 0 aliphatic carbocycles.